The summed E-state index contributed by atoms with van der Waals surface area (Å²) < 4.78 is 0. The summed E-state index contributed by atoms with van der Waals surface area (Å²) in [5.41, 5.74) is 16.4. The minimum Gasteiger partial charge on any atom is -0.208 e. The average molecular weight is 818 g/mol. The van der Waals surface area contributed by atoms with Crippen LogP contribution in [0.4, 0.5) is 0 Å². The van der Waals surface area contributed by atoms with Crippen molar-refractivity contribution in [2.24, 2.45) is 0 Å². The lowest BCUT2D eigenvalue weighted by Crippen LogP contribution is -2.01. The van der Waals surface area contributed by atoms with Crippen LogP contribution in [0.2, 0.25) is 0 Å². The molecule has 0 fully saturated rings. The third kappa shape index (κ3) is 8.52. The molecule has 0 saturated carbocycles. The third-order valence-corrected chi connectivity index (χ3v) is 11.4. The zero-order valence-corrected chi connectivity index (χ0v) is 35.2. The van der Waals surface area contributed by atoms with Crippen LogP contribution in [0.5, 0.6) is 0 Å². The first kappa shape index (κ1) is 39.6. The summed E-state index contributed by atoms with van der Waals surface area (Å²) in [5.74, 6) is 1.84. The van der Waals surface area contributed by atoms with Crippen LogP contribution in [0.1, 0.15) is 44.5 Å². The lowest BCUT2D eigenvalue weighted by Gasteiger charge is -2.18. The highest BCUT2D eigenvalue weighted by Crippen LogP contribution is 2.39. The molecule has 0 bridgehead atoms. The van der Waals surface area contributed by atoms with Gasteiger partial charge in [-0.15, -0.1) is 0 Å². The second-order valence-corrected chi connectivity index (χ2v) is 15.5. The second kappa shape index (κ2) is 18.6. The zero-order valence-electron chi connectivity index (χ0n) is 35.2. The van der Waals surface area contributed by atoms with E-state index >= 15 is 0 Å². The van der Waals surface area contributed by atoms with E-state index in [2.05, 4.69) is 231 Å². The monoisotopic (exact) mass is 817 g/mol. The minimum atomic E-state index is 0.608. The highest BCUT2D eigenvalue weighted by Gasteiger charge is 2.19. The quantitative estimate of drug-likeness (QED) is 0.122. The molecule has 10 rings (SSSR count). The maximum atomic E-state index is 5.18. The molecule has 10 aromatic rings. The van der Waals surface area contributed by atoms with Crippen molar-refractivity contribution in [1.29, 1.82) is 0 Å². The van der Waals surface area contributed by atoms with Gasteiger partial charge in [0.15, 0.2) is 17.5 Å². The molecule has 0 aliphatic heterocycles. The summed E-state index contributed by atoms with van der Waals surface area (Å²) in [7, 11) is 0. The molecule has 1 heterocycles. The molecular formula is C61H43N3. The standard InChI is InChI=1S/C61H43N3/c1-8-22-44(23-9-1)55(45-24-10-2-11-25-45)57(48-30-16-5-17-31-48)50-36-40-53(41-37-50)60-62-59(52-34-20-7-21-35-52)63-61(64-60)54-42-38-51(39-43-54)58(49-32-18-6-19-33-49)56(46-26-12-3-13-27-46)47-28-14-4-15-29-47/h1-43H. The van der Waals surface area contributed by atoms with Crippen molar-refractivity contribution >= 4 is 22.3 Å². The van der Waals surface area contributed by atoms with E-state index in [1.165, 1.54) is 11.1 Å². The van der Waals surface area contributed by atoms with E-state index < -0.39 is 0 Å². The average Bonchev–Trinajstić information content (AvgIpc) is 3.39. The lowest BCUT2D eigenvalue weighted by atomic mass is 9.85. The Hall–Kier alpha value is -8.53. The van der Waals surface area contributed by atoms with E-state index in [1.54, 1.807) is 0 Å². The molecule has 0 spiro atoms. The molecule has 0 saturated heterocycles. The first-order valence-corrected chi connectivity index (χ1v) is 21.6. The van der Waals surface area contributed by atoms with Crippen molar-refractivity contribution in [2.45, 2.75) is 0 Å². The summed E-state index contributed by atoms with van der Waals surface area (Å²) in [6, 6.07) is 91.3. The van der Waals surface area contributed by atoms with Crippen LogP contribution >= 0.6 is 0 Å². The van der Waals surface area contributed by atoms with Gasteiger partial charge in [-0.3, -0.25) is 0 Å². The van der Waals surface area contributed by atoms with E-state index in [0.29, 0.717) is 17.5 Å². The highest BCUT2D eigenvalue weighted by atomic mass is 15.0. The van der Waals surface area contributed by atoms with Crippen molar-refractivity contribution in [3.05, 3.63) is 305 Å². The Balaban J connectivity index is 1.09. The number of benzene rings is 9. The molecule has 0 radical (unpaired) electrons. The number of aromatic nitrogens is 3. The Bertz CT molecular complexity index is 2890. The van der Waals surface area contributed by atoms with E-state index in [0.717, 1.165) is 72.3 Å². The van der Waals surface area contributed by atoms with Gasteiger partial charge >= 0.3 is 0 Å². The predicted molar refractivity (Wildman–Crippen MR) is 265 cm³/mol. The maximum Gasteiger partial charge on any atom is 0.164 e. The van der Waals surface area contributed by atoms with Gasteiger partial charge in [0.25, 0.3) is 0 Å². The van der Waals surface area contributed by atoms with Crippen molar-refractivity contribution in [2.75, 3.05) is 0 Å². The summed E-state index contributed by atoms with van der Waals surface area (Å²) in [6.45, 7) is 0. The summed E-state index contributed by atoms with van der Waals surface area (Å²) >= 11 is 0. The zero-order chi connectivity index (χ0) is 42.9. The van der Waals surface area contributed by atoms with Crippen LogP contribution in [0.25, 0.3) is 56.5 Å². The topological polar surface area (TPSA) is 38.7 Å². The fourth-order valence-corrected chi connectivity index (χ4v) is 8.37. The van der Waals surface area contributed by atoms with Gasteiger partial charge in [-0.05, 0) is 66.8 Å². The Morgan fingerprint density at radius 1 is 0.172 bits per heavy atom. The van der Waals surface area contributed by atoms with Crippen LogP contribution in [0.3, 0.4) is 0 Å². The molecule has 0 atom stereocenters. The molecule has 9 aromatic carbocycles. The number of rotatable bonds is 11. The van der Waals surface area contributed by atoms with Crippen molar-refractivity contribution in [1.82, 2.24) is 15.0 Å². The Morgan fingerprint density at radius 3 is 0.562 bits per heavy atom. The van der Waals surface area contributed by atoms with Crippen LogP contribution in [0.15, 0.2) is 261 Å². The van der Waals surface area contributed by atoms with Crippen LogP contribution in [-0.2, 0) is 0 Å². The van der Waals surface area contributed by atoms with Crippen LogP contribution in [-0.4, -0.2) is 15.0 Å². The van der Waals surface area contributed by atoms with Gasteiger partial charge in [-0.1, -0.05) is 261 Å². The molecule has 64 heavy (non-hydrogen) atoms. The van der Waals surface area contributed by atoms with Gasteiger partial charge in [0.1, 0.15) is 0 Å². The Kier molecular flexibility index (Phi) is 11.5. The van der Waals surface area contributed by atoms with E-state index in [4.69, 9.17) is 15.0 Å². The first-order chi connectivity index (χ1) is 31.8. The van der Waals surface area contributed by atoms with E-state index in [1.807, 2.05) is 30.3 Å². The predicted octanol–water partition coefficient (Wildman–Crippen LogP) is 14.9. The fraction of sp³-hybridized carbons (Fsp3) is 0. The molecule has 3 heteroatoms. The van der Waals surface area contributed by atoms with Crippen molar-refractivity contribution in [3.63, 3.8) is 0 Å². The first-order valence-electron chi connectivity index (χ1n) is 21.6. The van der Waals surface area contributed by atoms with Crippen molar-refractivity contribution < 1.29 is 0 Å². The normalized spacial score (nSPS) is 10.8. The Labute approximate surface area is 375 Å². The fourth-order valence-electron chi connectivity index (χ4n) is 8.37. The lowest BCUT2D eigenvalue weighted by molar-refractivity contribution is 1.07. The van der Waals surface area contributed by atoms with E-state index in [-0.39, 0.29) is 0 Å². The number of hydrogen-bond acceptors (Lipinski definition) is 3. The Morgan fingerprint density at radius 2 is 0.344 bits per heavy atom. The second-order valence-electron chi connectivity index (χ2n) is 15.5. The molecule has 0 amide bonds. The van der Waals surface area contributed by atoms with Gasteiger partial charge in [0.05, 0.1) is 0 Å². The van der Waals surface area contributed by atoms with Gasteiger partial charge < -0.3 is 0 Å². The molecule has 0 aliphatic carbocycles. The highest BCUT2D eigenvalue weighted by molar-refractivity contribution is 6.05. The summed E-state index contributed by atoms with van der Waals surface area (Å²) in [4.78, 5) is 15.4. The van der Waals surface area contributed by atoms with Crippen molar-refractivity contribution in [3.8, 4) is 34.2 Å². The molecule has 302 valence electrons. The van der Waals surface area contributed by atoms with Gasteiger partial charge in [0, 0.05) is 16.7 Å². The molecule has 3 nitrogen and oxygen atoms in total. The van der Waals surface area contributed by atoms with Gasteiger partial charge in [-0.25, -0.2) is 15.0 Å². The smallest absolute Gasteiger partial charge is 0.164 e. The minimum absolute atomic E-state index is 0.608. The van der Waals surface area contributed by atoms with Crippen LogP contribution in [0, 0.1) is 0 Å². The van der Waals surface area contributed by atoms with Gasteiger partial charge in [0.2, 0.25) is 0 Å². The molecule has 0 unspecified atom stereocenters. The molecular weight excluding hydrogens is 775 g/mol. The molecule has 0 N–H and O–H groups in total. The third-order valence-electron chi connectivity index (χ3n) is 11.4. The summed E-state index contributed by atoms with van der Waals surface area (Å²) in [6.07, 6.45) is 0. The number of hydrogen-bond donors (Lipinski definition) is 0. The SMILES string of the molecule is c1ccc(C(=C(c2ccccc2)c2ccc(-c3nc(-c4ccccc4)nc(-c4ccc(C(=C(c5ccccc5)c5ccccc5)c5ccccc5)cc4)n3)cc2)c2ccccc2)cc1. The van der Waals surface area contributed by atoms with Gasteiger partial charge in [-0.2, -0.15) is 0 Å². The molecule has 1 aromatic heterocycles. The maximum absolute atomic E-state index is 5.18. The van der Waals surface area contributed by atoms with Crippen LogP contribution < -0.4 is 0 Å². The summed E-state index contributed by atoms with van der Waals surface area (Å²) in [5, 5.41) is 0. The largest absolute Gasteiger partial charge is 0.208 e. The molecule has 0 aliphatic rings. The number of nitrogens with zero attached hydrogens (tertiary/aromatic N) is 3. The van der Waals surface area contributed by atoms with E-state index in [9.17, 15) is 0 Å².